The Hall–Kier alpha value is -1.82. The summed E-state index contributed by atoms with van der Waals surface area (Å²) in [5.41, 5.74) is 1.07. The Morgan fingerprint density at radius 2 is 1.40 bits per heavy atom. The Bertz CT molecular complexity index is 636. The molecule has 0 bridgehead atoms. The van der Waals surface area contributed by atoms with Gasteiger partial charge in [-0.25, -0.2) is 0 Å². The Balaban J connectivity index is 2.55. The highest BCUT2D eigenvalue weighted by Gasteiger charge is 1.98. The predicted octanol–water partition coefficient (Wildman–Crippen LogP) is 4.18. The Morgan fingerprint density at radius 1 is 0.667 bits per heavy atom. The van der Waals surface area contributed by atoms with E-state index >= 15 is 0 Å². The molecule has 0 heterocycles. The van der Waals surface area contributed by atoms with Gasteiger partial charge in [0.15, 0.2) is 0 Å². The second kappa shape index (κ2) is 3.09. The minimum absolute atomic E-state index is 1.07. The molecular formula is C15H11. The molecule has 0 aromatic heterocycles. The quantitative estimate of drug-likeness (QED) is 0.468. The van der Waals surface area contributed by atoms with Crippen LogP contribution in [0.25, 0.3) is 21.5 Å². The van der Waals surface area contributed by atoms with Crippen molar-refractivity contribution in [2.75, 3.05) is 0 Å². The highest BCUT2D eigenvalue weighted by molar-refractivity contribution is 6.07. The molecule has 3 aromatic carbocycles. The van der Waals surface area contributed by atoms with Gasteiger partial charge in [0, 0.05) is 0 Å². The van der Waals surface area contributed by atoms with Crippen molar-refractivity contribution in [2.45, 2.75) is 0 Å². The van der Waals surface area contributed by atoms with Gasteiger partial charge >= 0.3 is 0 Å². The lowest BCUT2D eigenvalue weighted by Crippen LogP contribution is -1.78. The van der Waals surface area contributed by atoms with Gasteiger partial charge in [0.1, 0.15) is 0 Å². The number of fused-ring (bicyclic) bond motifs is 3. The third-order valence-corrected chi connectivity index (χ3v) is 2.81. The molecule has 0 saturated carbocycles. The lowest BCUT2D eigenvalue weighted by molar-refractivity contribution is 1.68. The first-order valence-electron chi connectivity index (χ1n) is 5.08. The first-order valence-corrected chi connectivity index (χ1v) is 5.08. The zero-order chi connectivity index (χ0) is 10.3. The van der Waals surface area contributed by atoms with Crippen LogP contribution < -0.4 is 0 Å². The van der Waals surface area contributed by atoms with E-state index in [0.717, 1.165) is 5.56 Å². The van der Waals surface area contributed by atoms with Gasteiger partial charge in [0.2, 0.25) is 0 Å². The molecule has 0 saturated heterocycles. The second-order valence-electron chi connectivity index (χ2n) is 3.84. The van der Waals surface area contributed by atoms with Crippen LogP contribution in [0, 0.1) is 6.92 Å². The maximum absolute atomic E-state index is 3.95. The standard InChI is InChI=1S/C15H11/c1-11-6-9-15-13(10-11)8-7-12-4-2-3-5-14(12)15/h2-10H,1H2. The highest BCUT2D eigenvalue weighted by Crippen LogP contribution is 2.25. The molecule has 0 heteroatoms. The van der Waals surface area contributed by atoms with E-state index in [9.17, 15) is 0 Å². The molecule has 71 valence electrons. The largest absolute Gasteiger partial charge is 0.0616 e. The van der Waals surface area contributed by atoms with E-state index in [4.69, 9.17) is 0 Å². The molecule has 0 spiro atoms. The fourth-order valence-corrected chi connectivity index (χ4v) is 2.06. The molecule has 15 heavy (non-hydrogen) atoms. The molecule has 0 N–H and O–H groups in total. The van der Waals surface area contributed by atoms with Gasteiger partial charge in [-0.05, 0) is 34.0 Å². The molecule has 0 aliphatic rings. The summed E-state index contributed by atoms with van der Waals surface area (Å²) < 4.78 is 0. The van der Waals surface area contributed by atoms with Crippen LogP contribution in [-0.2, 0) is 0 Å². The fourth-order valence-electron chi connectivity index (χ4n) is 2.06. The SMILES string of the molecule is [CH2]c1ccc2c(ccc3ccccc32)c1. The van der Waals surface area contributed by atoms with Gasteiger partial charge in [-0.3, -0.25) is 0 Å². The topological polar surface area (TPSA) is 0 Å². The van der Waals surface area contributed by atoms with Crippen molar-refractivity contribution in [2.24, 2.45) is 0 Å². The van der Waals surface area contributed by atoms with Crippen LogP contribution in [0.5, 0.6) is 0 Å². The van der Waals surface area contributed by atoms with E-state index in [0.29, 0.717) is 0 Å². The number of hydrogen-bond acceptors (Lipinski definition) is 0. The number of benzene rings is 3. The maximum atomic E-state index is 3.95. The predicted molar refractivity (Wildman–Crippen MR) is 65.9 cm³/mol. The molecular weight excluding hydrogens is 180 g/mol. The van der Waals surface area contributed by atoms with Crippen molar-refractivity contribution < 1.29 is 0 Å². The number of hydrogen-bond donors (Lipinski definition) is 0. The molecule has 0 aliphatic carbocycles. The third kappa shape index (κ3) is 1.30. The van der Waals surface area contributed by atoms with Crippen molar-refractivity contribution in [3.05, 3.63) is 67.1 Å². The van der Waals surface area contributed by atoms with Crippen LogP contribution in [0.4, 0.5) is 0 Å². The number of rotatable bonds is 0. The van der Waals surface area contributed by atoms with Gasteiger partial charge in [0.05, 0.1) is 0 Å². The Kier molecular flexibility index (Phi) is 1.75. The van der Waals surface area contributed by atoms with Crippen LogP contribution in [0.1, 0.15) is 5.56 Å². The first kappa shape index (κ1) is 8.49. The summed E-state index contributed by atoms with van der Waals surface area (Å²) in [5, 5.41) is 5.18. The Labute approximate surface area is 89.2 Å². The zero-order valence-corrected chi connectivity index (χ0v) is 8.40. The molecule has 0 nitrogen and oxygen atoms in total. The molecule has 3 aromatic rings. The summed E-state index contributed by atoms with van der Waals surface area (Å²) in [4.78, 5) is 0. The van der Waals surface area contributed by atoms with Gasteiger partial charge in [-0.1, -0.05) is 54.6 Å². The van der Waals surface area contributed by atoms with Crippen molar-refractivity contribution >= 4 is 21.5 Å². The molecule has 3 rings (SSSR count). The lowest BCUT2D eigenvalue weighted by Gasteiger charge is -2.04. The van der Waals surface area contributed by atoms with E-state index in [1.165, 1.54) is 21.5 Å². The molecule has 0 aliphatic heterocycles. The van der Waals surface area contributed by atoms with E-state index in [2.05, 4.69) is 61.5 Å². The second-order valence-corrected chi connectivity index (χ2v) is 3.84. The van der Waals surface area contributed by atoms with E-state index < -0.39 is 0 Å². The summed E-state index contributed by atoms with van der Waals surface area (Å²) in [7, 11) is 0. The molecule has 1 radical (unpaired) electrons. The van der Waals surface area contributed by atoms with Gasteiger partial charge in [-0.2, -0.15) is 0 Å². The van der Waals surface area contributed by atoms with Gasteiger partial charge < -0.3 is 0 Å². The minimum Gasteiger partial charge on any atom is -0.0616 e. The van der Waals surface area contributed by atoms with E-state index in [-0.39, 0.29) is 0 Å². The molecule has 0 amide bonds. The van der Waals surface area contributed by atoms with Crippen LogP contribution >= 0.6 is 0 Å². The average Bonchev–Trinajstić information content (AvgIpc) is 2.28. The Morgan fingerprint density at radius 3 is 2.33 bits per heavy atom. The summed E-state index contributed by atoms with van der Waals surface area (Å²) in [5.74, 6) is 0. The normalized spacial score (nSPS) is 11.0. The minimum atomic E-state index is 1.07. The van der Waals surface area contributed by atoms with Crippen molar-refractivity contribution in [1.82, 2.24) is 0 Å². The van der Waals surface area contributed by atoms with Crippen molar-refractivity contribution in [3.63, 3.8) is 0 Å². The van der Waals surface area contributed by atoms with Crippen LogP contribution in [0.3, 0.4) is 0 Å². The third-order valence-electron chi connectivity index (χ3n) is 2.81. The molecule has 0 unspecified atom stereocenters. The smallest absolute Gasteiger partial charge is 0.0105 e. The molecule has 0 atom stereocenters. The zero-order valence-electron chi connectivity index (χ0n) is 8.40. The van der Waals surface area contributed by atoms with Gasteiger partial charge in [-0.15, -0.1) is 0 Å². The van der Waals surface area contributed by atoms with Crippen LogP contribution in [0.2, 0.25) is 0 Å². The first-order chi connectivity index (χ1) is 7.34. The average molecular weight is 191 g/mol. The summed E-state index contributed by atoms with van der Waals surface area (Å²) >= 11 is 0. The molecule has 0 fully saturated rings. The van der Waals surface area contributed by atoms with Crippen LogP contribution in [-0.4, -0.2) is 0 Å². The van der Waals surface area contributed by atoms with Crippen molar-refractivity contribution in [1.29, 1.82) is 0 Å². The lowest BCUT2D eigenvalue weighted by atomic mass is 10.0. The summed E-state index contributed by atoms with van der Waals surface area (Å²) in [6.07, 6.45) is 0. The van der Waals surface area contributed by atoms with Crippen molar-refractivity contribution in [3.8, 4) is 0 Å². The van der Waals surface area contributed by atoms with Gasteiger partial charge in [0.25, 0.3) is 0 Å². The summed E-state index contributed by atoms with van der Waals surface area (Å²) in [6, 6.07) is 19.1. The van der Waals surface area contributed by atoms with E-state index in [1.54, 1.807) is 0 Å². The van der Waals surface area contributed by atoms with E-state index in [1.807, 2.05) is 0 Å². The highest BCUT2D eigenvalue weighted by atomic mass is 14.0. The maximum Gasteiger partial charge on any atom is -0.0105 e. The monoisotopic (exact) mass is 191 g/mol. The van der Waals surface area contributed by atoms with Crippen LogP contribution in [0.15, 0.2) is 54.6 Å². The fraction of sp³-hybridized carbons (Fsp3) is 0. The summed E-state index contributed by atoms with van der Waals surface area (Å²) in [6.45, 7) is 3.95.